The van der Waals surface area contributed by atoms with Crippen LogP contribution in [0.5, 0.6) is 0 Å². The van der Waals surface area contributed by atoms with Gasteiger partial charge in [-0.15, -0.1) is 0 Å². The van der Waals surface area contributed by atoms with Gasteiger partial charge in [-0.3, -0.25) is 9.69 Å². The van der Waals surface area contributed by atoms with Crippen molar-refractivity contribution in [2.45, 2.75) is 39.7 Å². The molecule has 0 spiro atoms. The summed E-state index contributed by atoms with van der Waals surface area (Å²) in [7, 11) is 0. The molecule has 1 N–H and O–H groups in total. The van der Waals surface area contributed by atoms with Crippen LogP contribution in [0, 0.1) is 11.7 Å². The summed E-state index contributed by atoms with van der Waals surface area (Å²) < 4.78 is 13.7. The maximum Gasteiger partial charge on any atom is 0.169 e. The summed E-state index contributed by atoms with van der Waals surface area (Å²) in [5, 5.41) is 9.20. The SMILES string of the molecule is CCC(CC)N(CCO)CC(C)C(=O)c1ccccc1F. The van der Waals surface area contributed by atoms with Gasteiger partial charge in [-0.05, 0) is 25.0 Å². The van der Waals surface area contributed by atoms with Crippen LogP contribution in [0.15, 0.2) is 24.3 Å². The van der Waals surface area contributed by atoms with E-state index in [-0.39, 0.29) is 23.9 Å². The number of hydrogen-bond donors (Lipinski definition) is 1. The number of halogens is 1. The number of aliphatic hydroxyl groups excluding tert-OH is 1. The number of carbonyl (C=O) groups excluding carboxylic acids is 1. The normalized spacial score (nSPS) is 12.9. The summed E-state index contributed by atoms with van der Waals surface area (Å²) in [6.07, 6.45) is 1.94. The molecule has 118 valence electrons. The Morgan fingerprint density at radius 3 is 2.43 bits per heavy atom. The van der Waals surface area contributed by atoms with Crippen molar-refractivity contribution in [2.24, 2.45) is 5.92 Å². The summed E-state index contributed by atoms with van der Waals surface area (Å²) in [4.78, 5) is 14.5. The maximum absolute atomic E-state index is 13.7. The van der Waals surface area contributed by atoms with Crippen molar-refractivity contribution < 1.29 is 14.3 Å². The minimum atomic E-state index is -0.467. The molecule has 0 heterocycles. The van der Waals surface area contributed by atoms with E-state index in [1.807, 2.05) is 6.92 Å². The van der Waals surface area contributed by atoms with Gasteiger partial charge in [0.05, 0.1) is 12.2 Å². The Kier molecular flexibility index (Phi) is 7.54. The van der Waals surface area contributed by atoms with Gasteiger partial charge in [0.1, 0.15) is 5.82 Å². The molecule has 0 aromatic heterocycles. The zero-order valence-corrected chi connectivity index (χ0v) is 13.2. The van der Waals surface area contributed by atoms with Crippen molar-refractivity contribution >= 4 is 5.78 Å². The number of nitrogens with zero attached hydrogens (tertiary/aromatic N) is 1. The van der Waals surface area contributed by atoms with Crippen molar-refractivity contribution in [3.63, 3.8) is 0 Å². The Labute approximate surface area is 126 Å². The van der Waals surface area contributed by atoms with Crippen LogP contribution in [-0.2, 0) is 0 Å². The summed E-state index contributed by atoms with van der Waals surface area (Å²) in [6, 6.07) is 6.44. The van der Waals surface area contributed by atoms with E-state index in [1.165, 1.54) is 12.1 Å². The fourth-order valence-electron chi connectivity index (χ4n) is 2.72. The van der Waals surface area contributed by atoms with Gasteiger partial charge in [-0.1, -0.05) is 32.9 Å². The highest BCUT2D eigenvalue weighted by Gasteiger charge is 2.23. The summed E-state index contributed by atoms with van der Waals surface area (Å²) in [6.45, 7) is 7.17. The second-order valence-electron chi connectivity index (χ2n) is 5.43. The molecule has 1 unspecified atom stereocenters. The van der Waals surface area contributed by atoms with Gasteiger partial charge in [0.15, 0.2) is 5.78 Å². The molecule has 0 aliphatic carbocycles. The molecule has 3 nitrogen and oxygen atoms in total. The molecule has 1 rings (SSSR count). The maximum atomic E-state index is 13.7. The highest BCUT2D eigenvalue weighted by atomic mass is 19.1. The smallest absolute Gasteiger partial charge is 0.169 e. The molecular formula is C17H26FNO2. The van der Waals surface area contributed by atoms with E-state index in [1.54, 1.807) is 12.1 Å². The second kappa shape index (κ2) is 8.90. The van der Waals surface area contributed by atoms with Crippen molar-refractivity contribution in [1.29, 1.82) is 0 Å². The van der Waals surface area contributed by atoms with Gasteiger partial charge in [0.2, 0.25) is 0 Å². The van der Waals surface area contributed by atoms with Gasteiger partial charge in [0.25, 0.3) is 0 Å². The Morgan fingerprint density at radius 2 is 1.90 bits per heavy atom. The largest absolute Gasteiger partial charge is 0.395 e. The number of Topliss-reactive ketones (excluding diaryl/α,β-unsaturated/α-hetero) is 1. The molecule has 1 aromatic rings. The molecule has 1 aromatic carbocycles. The topological polar surface area (TPSA) is 40.5 Å². The molecule has 0 fully saturated rings. The molecular weight excluding hydrogens is 269 g/mol. The van der Waals surface area contributed by atoms with Gasteiger partial charge in [-0.2, -0.15) is 0 Å². The predicted octanol–water partition coefficient (Wildman–Crippen LogP) is 3.13. The van der Waals surface area contributed by atoms with Crippen LogP contribution in [0.3, 0.4) is 0 Å². The number of ketones is 1. The van der Waals surface area contributed by atoms with Crippen LogP contribution in [0.4, 0.5) is 4.39 Å². The predicted molar refractivity (Wildman–Crippen MR) is 82.9 cm³/mol. The van der Waals surface area contributed by atoms with Crippen LogP contribution >= 0.6 is 0 Å². The van der Waals surface area contributed by atoms with Crippen molar-refractivity contribution in [3.05, 3.63) is 35.6 Å². The molecule has 0 saturated carbocycles. The van der Waals surface area contributed by atoms with Crippen LogP contribution < -0.4 is 0 Å². The Morgan fingerprint density at radius 1 is 1.29 bits per heavy atom. The second-order valence-corrected chi connectivity index (χ2v) is 5.43. The van der Waals surface area contributed by atoms with Crippen LogP contribution in [0.25, 0.3) is 0 Å². The molecule has 4 heteroatoms. The summed E-state index contributed by atoms with van der Waals surface area (Å²) in [5.74, 6) is -0.943. The van der Waals surface area contributed by atoms with Crippen LogP contribution in [0.1, 0.15) is 44.0 Å². The highest BCUT2D eigenvalue weighted by molar-refractivity contribution is 5.98. The molecule has 21 heavy (non-hydrogen) atoms. The fraction of sp³-hybridized carbons (Fsp3) is 0.588. The quantitative estimate of drug-likeness (QED) is 0.712. The molecule has 0 saturated heterocycles. The monoisotopic (exact) mass is 295 g/mol. The average molecular weight is 295 g/mol. The third-order valence-electron chi connectivity index (χ3n) is 3.94. The third kappa shape index (κ3) is 4.90. The zero-order chi connectivity index (χ0) is 15.8. The van der Waals surface area contributed by atoms with E-state index < -0.39 is 5.82 Å². The first kappa shape index (κ1) is 17.8. The molecule has 0 radical (unpaired) electrons. The zero-order valence-electron chi connectivity index (χ0n) is 13.2. The van der Waals surface area contributed by atoms with E-state index >= 15 is 0 Å². The van der Waals surface area contributed by atoms with E-state index in [2.05, 4.69) is 18.7 Å². The summed E-state index contributed by atoms with van der Waals surface area (Å²) >= 11 is 0. The number of benzene rings is 1. The van der Waals surface area contributed by atoms with E-state index in [4.69, 9.17) is 0 Å². The molecule has 0 aliphatic rings. The van der Waals surface area contributed by atoms with Crippen molar-refractivity contribution in [1.82, 2.24) is 4.90 Å². The minimum Gasteiger partial charge on any atom is -0.395 e. The van der Waals surface area contributed by atoms with Gasteiger partial charge < -0.3 is 5.11 Å². The van der Waals surface area contributed by atoms with Gasteiger partial charge in [-0.25, -0.2) is 4.39 Å². The van der Waals surface area contributed by atoms with Crippen molar-refractivity contribution in [2.75, 3.05) is 19.7 Å². The van der Waals surface area contributed by atoms with Crippen molar-refractivity contribution in [3.8, 4) is 0 Å². The Balaban J connectivity index is 2.79. The standard InChI is InChI=1S/C17H26FNO2/c1-4-14(5-2)19(10-11-20)12-13(3)17(21)15-8-6-7-9-16(15)18/h6-9,13-14,20H,4-5,10-12H2,1-3H3. The lowest BCUT2D eigenvalue weighted by molar-refractivity contribution is 0.0825. The first-order valence-electron chi connectivity index (χ1n) is 7.68. The molecule has 1 atom stereocenters. The molecule has 0 amide bonds. The first-order valence-corrected chi connectivity index (χ1v) is 7.68. The van der Waals surface area contributed by atoms with E-state index in [0.29, 0.717) is 19.1 Å². The van der Waals surface area contributed by atoms with Gasteiger partial charge >= 0.3 is 0 Å². The lowest BCUT2D eigenvalue weighted by atomic mass is 9.97. The Hall–Kier alpha value is -1.26. The average Bonchev–Trinajstić information content (AvgIpc) is 2.48. The summed E-state index contributed by atoms with van der Waals surface area (Å²) in [5.41, 5.74) is 0.151. The van der Waals surface area contributed by atoms with Gasteiger partial charge in [0, 0.05) is 25.0 Å². The lowest BCUT2D eigenvalue weighted by Crippen LogP contribution is -2.41. The highest BCUT2D eigenvalue weighted by Crippen LogP contribution is 2.16. The third-order valence-corrected chi connectivity index (χ3v) is 3.94. The molecule has 0 bridgehead atoms. The minimum absolute atomic E-state index is 0.0666. The Bertz CT molecular complexity index is 446. The first-order chi connectivity index (χ1) is 10.0. The fourth-order valence-corrected chi connectivity index (χ4v) is 2.72. The molecule has 0 aliphatic heterocycles. The number of aliphatic hydroxyl groups is 1. The lowest BCUT2D eigenvalue weighted by Gasteiger charge is -2.31. The number of rotatable bonds is 9. The van der Waals surface area contributed by atoms with E-state index in [0.717, 1.165) is 12.8 Å². The van der Waals surface area contributed by atoms with Crippen LogP contribution in [-0.4, -0.2) is 41.5 Å². The van der Waals surface area contributed by atoms with Crippen LogP contribution in [0.2, 0.25) is 0 Å². The number of hydrogen-bond acceptors (Lipinski definition) is 3. The van der Waals surface area contributed by atoms with E-state index in [9.17, 15) is 14.3 Å². The number of carbonyl (C=O) groups is 1.